The zero-order chi connectivity index (χ0) is 34.1. The number of rotatable bonds is 21. The van der Waals surface area contributed by atoms with Crippen LogP contribution in [0.2, 0.25) is 0 Å². The summed E-state index contributed by atoms with van der Waals surface area (Å²) in [5.74, 6) is -3.13. The van der Waals surface area contributed by atoms with Crippen molar-refractivity contribution < 1.29 is 27.0 Å². The summed E-state index contributed by atoms with van der Waals surface area (Å²) in [6, 6.07) is 12.6. The van der Waals surface area contributed by atoms with E-state index in [9.17, 15) is 4.39 Å². The Morgan fingerprint density at radius 1 is 0.583 bits per heavy atom. The van der Waals surface area contributed by atoms with E-state index in [0.717, 1.165) is 51.6 Å². The first-order chi connectivity index (χ1) is 23.4. The molecular formula is C42H56F4O2. The molecule has 1 heterocycles. The molecule has 0 aliphatic carbocycles. The number of ether oxygens (including phenoxy) is 2. The number of unbranched alkanes of at least 4 members (excludes halogenated alkanes) is 10. The molecule has 4 rings (SSSR count). The second-order valence-electron chi connectivity index (χ2n) is 13.7. The Hall–Kier alpha value is -2.86. The lowest BCUT2D eigenvalue weighted by molar-refractivity contribution is -0.0232. The second-order valence-corrected chi connectivity index (χ2v) is 13.7. The zero-order valence-corrected chi connectivity index (χ0v) is 29.2. The number of halogens is 4. The summed E-state index contributed by atoms with van der Waals surface area (Å²) in [6.45, 7) is 5.62. The monoisotopic (exact) mass is 668 g/mol. The third-order valence-corrected chi connectivity index (χ3v) is 9.87. The van der Waals surface area contributed by atoms with Gasteiger partial charge in [-0.2, -0.15) is 4.39 Å². The molecule has 1 saturated heterocycles. The standard InChI is InChI=1S/C42H56F4O2/c1-3-5-7-8-9-10-11-15-29-47-38-28-27-37(41(45)42(38)46)33-22-20-32(21-23-33)36-26-24-34(39(43)40(36)44)17-13-14-18-35-25-19-31(30-48-35)16-12-6-4-2/h20-24,26-28,31,35H,3-19,25,29-30H2,1-2H3. The highest BCUT2D eigenvalue weighted by molar-refractivity contribution is 5.71. The van der Waals surface area contributed by atoms with Crippen LogP contribution in [0.5, 0.6) is 5.75 Å². The minimum Gasteiger partial charge on any atom is -0.490 e. The Balaban J connectivity index is 1.24. The molecule has 264 valence electrons. The minimum absolute atomic E-state index is 0.0888. The first-order valence-corrected chi connectivity index (χ1v) is 18.7. The molecule has 2 atom stereocenters. The summed E-state index contributed by atoms with van der Waals surface area (Å²) in [7, 11) is 0. The van der Waals surface area contributed by atoms with E-state index in [-0.39, 0.29) is 23.0 Å². The average molecular weight is 669 g/mol. The number of benzene rings is 3. The van der Waals surface area contributed by atoms with Crippen LogP contribution in [0.25, 0.3) is 22.3 Å². The normalized spacial score (nSPS) is 16.4. The van der Waals surface area contributed by atoms with E-state index < -0.39 is 23.3 Å². The molecule has 3 aromatic carbocycles. The fourth-order valence-electron chi connectivity index (χ4n) is 6.81. The molecular weight excluding hydrogens is 612 g/mol. The van der Waals surface area contributed by atoms with Gasteiger partial charge >= 0.3 is 0 Å². The van der Waals surface area contributed by atoms with Crippen LogP contribution in [0.3, 0.4) is 0 Å². The lowest BCUT2D eigenvalue weighted by Gasteiger charge is -2.29. The van der Waals surface area contributed by atoms with Crippen molar-refractivity contribution in [2.45, 2.75) is 136 Å². The van der Waals surface area contributed by atoms with Gasteiger partial charge in [-0.3, -0.25) is 0 Å². The number of hydrogen-bond donors (Lipinski definition) is 0. The molecule has 2 unspecified atom stereocenters. The maximum Gasteiger partial charge on any atom is 0.201 e. The van der Waals surface area contributed by atoms with Gasteiger partial charge in [-0.1, -0.05) is 121 Å². The highest BCUT2D eigenvalue weighted by Gasteiger charge is 2.22. The van der Waals surface area contributed by atoms with E-state index in [2.05, 4.69) is 13.8 Å². The summed E-state index contributed by atoms with van der Waals surface area (Å²) in [5, 5.41) is 0. The molecule has 0 bridgehead atoms. The molecule has 0 amide bonds. The van der Waals surface area contributed by atoms with Crippen LogP contribution in [-0.4, -0.2) is 19.3 Å². The lowest BCUT2D eigenvalue weighted by Crippen LogP contribution is -2.25. The molecule has 0 saturated carbocycles. The van der Waals surface area contributed by atoms with Crippen molar-refractivity contribution in [2.24, 2.45) is 5.92 Å². The van der Waals surface area contributed by atoms with E-state index in [4.69, 9.17) is 9.47 Å². The third kappa shape index (κ3) is 11.4. The maximum atomic E-state index is 15.2. The van der Waals surface area contributed by atoms with Crippen molar-refractivity contribution in [1.29, 1.82) is 0 Å². The summed E-state index contributed by atoms with van der Waals surface area (Å²) < 4.78 is 71.8. The molecule has 1 fully saturated rings. The van der Waals surface area contributed by atoms with Gasteiger partial charge in [0, 0.05) is 17.7 Å². The van der Waals surface area contributed by atoms with Crippen molar-refractivity contribution in [2.75, 3.05) is 13.2 Å². The van der Waals surface area contributed by atoms with Gasteiger partial charge in [-0.15, -0.1) is 0 Å². The van der Waals surface area contributed by atoms with Crippen LogP contribution in [0.1, 0.15) is 129 Å². The van der Waals surface area contributed by atoms with Gasteiger partial charge in [-0.25, -0.2) is 13.2 Å². The van der Waals surface area contributed by atoms with Gasteiger partial charge in [0.1, 0.15) is 0 Å². The Labute approximate surface area is 286 Å². The van der Waals surface area contributed by atoms with E-state index in [1.54, 1.807) is 36.4 Å². The molecule has 1 aliphatic heterocycles. The Kier molecular flexibility index (Phi) is 16.3. The highest BCUT2D eigenvalue weighted by atomic mass is 19.2. The Morgan fingerprint density at radius 2 is 1.17 bits per heavy atom. The van der Waals surface area contributed by atoms with Crippen LogP contribution in [-0.2, 0) is 11.2 Å². The Morgan fingerprint density at radius 3 is 1.81 bits per heavy atom. The predicted molar refractivity (Wildman–Crippen MR) is 189 cm³/mol. The zero-order valence-electron chi connectivity index (χ0n) is 29.2. The average Bonchev–Trinajstić information content (AvgIpc) is 3.10. The van der Waals surface area contributed by atoms with Crippen LogP contribution in [0.15, 0.2) is 48.5 Å². The van der Waals surface area contributed by atoms with Crippen LogP contribution in [0.4, 0.5) is 17.6 Å². The van der Waals surface area contributed by atoms with E-state index in [0.29, 0.717) is 35.6 Å². The molecule has 0 spiro atoms. The van der Waals surface area contributed by atoms with Crippen molar-refractivity contribution >= 4 is 0 Å². The van der Waals surface area contributed by atoms with Gasteiger partial charge in [0.25, 0.3) is 0 Å². The predicted octanol–water partition coefficient (Wildman–Crippen LogP) is 13.2. The fraction of sp³-hybridized carbons (Fsp3) is 0.571. The van der Waals surface area contributed by atoms with E-state index >= 15 is 13.2 Å². The molecule has 0 aromatic heterocycles. The van der Waals surface area contributed by atoms with Crippen molar-refractivity contribution in [3.63, 3.8) is 0 Å². The molecule has 48 heavy (non-hydrogen) atoms. The quantitative estimate of drug-likeness (QED) is 0.0831. The van der Waals surface area contributed by atoms with E-state index in [1.165, 1.54) is 76.3 Å². The molecule has 3 aromatic rings. The highest BCUT2D eigenvalue weighted by Crippen LogP contribution is 2.33. The fourth-order valence-corrected chi connectivity index (χ4v) is 6.81. The summed E-state index contributed by atoms with van der Waals surface area (Å²) in [6.07, 6.45) is 19.9. The smallest absolute Gasteiger partial charge is 0.201 e. The summed E-state index contributed by atoms with van der Waals surface area (Å²) >= 11 is 0. The third-order valence-electron chi connectivity index (χ3n) is 9.87. The minimum atomic E-state index is -1.02. The largest absolute Gasteiger partial charge is 0.490 e. The number of aryl methyl sites for hydroxylation is 1. The summed E-state index contributed by atoms with van der Waals surface area (Å²) in [5.41, 5.74) is 1.51. The topological polar surface area (TPSA) is 18.5 Å². The van der Waals surface area contributed by atoms with Crippen molar-refractivity contribution in [3.05, 3.63) is 77.4 Å². The first kappa shape index (κ1) is 38.0. The van der Waals surface area contributed by atoms with Gasteiger partial charge in [0.05, 0.1) is 12.7 Å². The molecule has 0 N–H and O–H groups in total. The van der Waals surface area contributed by atoms with Gasteiger partial charge in [-0.05, 0) is 79.7 Å². The molecule has 6 heteroatoms. The summed E-state index contributed by atoms with van der Waals surface area (Å²) in [4.78, 5) is 0. The number of hydrogen-bond acceptors (Lipinski definition) is 2. The lowest BCUT2D eigenvalue weighted by atomic mass is 9.91. The van der Waals surface area contributed by atoms with Crippen LogP contribution in [0, 0.1) is 29.2 Å². The second kappa shape index (κ2) is 20.6. The van der Waals surface area contributed by atoms with Crippen molar-refractivity contribution in [3.8, 4) is 28.0 Å². The van der Waals surface area contributed by atoms with Crippen LogP contribution < -0.4 is 4.74 Å². The SMILES string of the molecule is CCCCCCCCCCOc1ccc(-c2ccc(-c3ccc(CCCCC4CCC(CCCCC)CO4)c(F)c3F)cc2)c(F)c1F. The van der Waals surface area contributed by atoms with E-state index in [1.807, 2.05) is 0 Å². The van der Waals surface area contributed by atoms with Gasteiger partial charge in [0.15, 0.2) is 23.2 Å². The Bertz CT molecular complexity index is 1370. The molecule has 2 nitrogen and oxygen atoms in total. The van der Waals surface area contributed by atoms with Gasteiger partial charge in [0.2, 0.25) is 5.82 Å². The first-order valence-electron chi connectivity index (χ1n) is 18.7. The van der Waals surface area contributed by atoms with Gasteiger partial charge < -0.3 is 9.47 Å². The van der Waals surface area contributed by atoms with Crippen molar-refractivity contribution in [1.82, 2.24) is 0 Å². The van der Waals surface area contributed by atoms with Crippen LogP contribution >= 0.6 is 0 Å². The molecule has 1 aliphatic rings. The maximum absolute atomic E-state index is 15.2. The molecule has 0 radical (unpaired) electrons.